The van der Waals surface area contributed by atoms with Crippen LogP contribution < -0.4 is 5.32 Å². The fourth-order valence-electron chi connectivity index (χ4n) is 2.46. The monoisotopic (exact) mass is 244 g/mol. The highest BCUT2D eigenvalue weighted by Crippen LogP contribution is 2.33. The van der Waals surface area contributed by atoms with E-state index >= 15 is 0 Å². The summed E-state index contributed by atoms with van der Waals surface area (Å²) in [6.07, 6.45) is 3.78. The maximum absolute atomic E-state index is 4.63. The Morgan fingerprint density at radius 3 is 2.82 bits per heavy atom. The molecule has 1 N–H and O–H groups in total. The van der Waals surface area contributed by atoms with E-state index in [9.17, 15) is 0 Å². The summed E-state index contributed by atoms with van der Waals surface area (Å²) in [5.41, 5.74) is 5.39. The summed E-state index contributed by atoms with van der Waals surface area (Å²) in [5.74, 6) is 0. The number of nitrogens with one attached hydrogen (secondary N) is 1. The number of hydrogen-bond donors (Lipinski definition) is 1. The van der Waals surface area contributed by atoms with Gasteiger partial charge in [-0.15, -0.1) is 0 Å². The molecule has 0 saturated heterocycles. The van der Waals surface area contributed by atoms with Crippen molar-refractivity contribution in [1.29, 1.82) is 0 Å². The summed E-state index contributed by atoms with van der Waals surface area (Å²) in [6, 6.07) is 6.80. The molecule has 88 valence electrons. The van der Waals surface area contributed by atoms with Crippen molar-refractivity contribution in [2.24, 2.45) is 0 Å². The highest BCUT2D eigenvalue weighted by Gasteiger charge is 2.13. The number of aryl methyl sites for hydroxylation is 3. The molecule has 0 amide bonds. The number of anilines is 1. The predicted octanol–water partition coefficient (Wildman–Crippen LogP) is 3.65. The van der Waals surface area contributed by atoms with Crippen molar-refractivity contribution in [3.63, 3.8) is 0 Å². The van der Waals surface area contributed by atoms with E-state index < -0.39 is 0 Å². The molecule has 0 bridgehead atoms. The lowest BCUT2D eigenvalue weighted by atomic mass is 10.1. The smallest absolute Gasteiger partial charge is 0.125 e. The first-order valence-electron chi connectivity index (χ1n) is 6.05. The summed E-state index contributed by atoms with van der Waals surface area (Å²) in [4.78, 5) is 4.63. The Hall–Kier alpha value is -1.35. The van der Waals surface area contributed by atoms with Gasteiger partial charge in [-0.05, 0) is 43.4 Å². The highest BCUT2D eigenvalue weighted by atomic mass is 32.1. The van der Waals surface area contributed by atoms with Crippen LogP contribution in [0.5, 0.6) is 0 Å². The molecule has 1 aromatic carbocycles. The van der Waals surface area contributed by atoms with Gasteiger partial charge in [0, 0.05) is 12.6 Å². The van der Waals surface area contributed by atoms with Gasteiger partial charge in [0.05, 0.1) is 5.69 Å². The Balaban J connectivity index is 2.03. The molecular formula is C14H16N2S. The normalized spacial score (nSPS) is 13.8. The average molecular weight is 244 g/mol. The number of nitrogens with zero attached hydrogens (tertiary/aromatic N) is 1. The minimum Gasteiger partial charge on any atom is -0.378 e. The standard InChI is InChI=1S/C14H16N2S/c1-9-13(15-2)17-14(16-9)12-7-6-10-4-3-5-11(10)8-12/h6-8,15H,3-5H2,1-2H3. The van der Waals surface area contributed by atoms with Crippen molar-refractivity contribution in [3.8, 4) is 10.6 Å². The quantitative estimate of drug-likeness (QED) is 0.872. The Bertz CT molecular complexity index is 557. The van der Waals surface area contributed by atoms with E-state index in [1.165, 1.54) is 41.0 Å². The summed E-state index contributed by atoms with van der Waals surface area (Å²) < 4.78 is 0. The lowest BCUT2D eigenvalue weighted by Gasteiger charge is -2.01. The summed E-state index contributed by atoms with van der Waals surface area (Å²) in [7, 11) is 1.95. The number of thiazole rings is 1. The van der Waals surface area contributed by atoms with Crippen molar-refractivity contribution in [2.45, 2.75) is 26.2 Å². The third kappa shape index (κ3) is 1.84. The molecule has 0 radical (unpaired) electrons. The molecule has 0 atom stereocenters. The van der Waals surface area contributed by atoms with Gasteiger partial charge in [0.1, 0.15) is 10.0 Å². The fourth-order valence-corrected chi connectivity index (χ4v) is 3.37. The van der Waals surface area contributed by atoms with Crippen molar-refractivity contribution in [3.05, 3.63) is 35.0 Å². The van der Waals surface area contributed by atoms with Gasteiger partial charge in [-0.1, -0.05) is 23.5 Å². The predicted molar refractivity (Wildman–Crippen MR) is 73.9 cm³/mol. The van der Waals surface area contributed by atoms with E-state index in [-0.39, 0.29) is 0 Å². The first kappa shape index (κ1) is 10.8. The van der Waals surface area contributed by atoms with Crippen molar-refractivity contribution < 1.29 is 0 Å². The molecule has 3 heteroatoms. The van der Waals surface area contributed by atoms with Crippen LogP contribution in [0.25, 0.3) is 10.6 Å². The van der Waals surface area contributed by atoms with Crippen LogP contribution in [-0.2, 0) is 12.8 Å². The molecule has 0 unspecified atom stereocenters. The van der Waals surface area contributed by atoms with Crippen molar-refractivity contribution >= 4 is 16.3 Å². The van der Waals surface area contributed by atoms with E-state index in [0.29, 0.717) is 0 Å². The van der Waals surface area contributed by atoms with Gasteiger partial charge < -0.3 is 5.32 Å². The van der Waals surface area contributed by atoms with Gasteiger partial charge >= 0.3 is 0 Å². The van der Waals surface area contributed by atoms with E-state index in [1.807, 2.05) is 7.05 Å². The van der Waals surface area contributed by atoms with E-state index in [1.54, 1.807) is 11.3 Å². The van der Waals surface area contributed by atoms with E-state index in [4.69, 9.17) is 0 Å². The first-order valence-corrected chi connectivity index (χ1v) is 6.87. The zero-order chi connectivity index (χ0) is 11.8. The largest absolute Gasteiger partial charge is 0.378 e. The molecule has 0 saturated carbocycles. The van der Waals surface area contributed by atoms with Gasteiger partial charge in [-0.2, -0.15) is 0 Å². The van der Waals surface area contributed by atoms with Crippen molar-refractivity contribution in [2.75, 3.05) is 12.4 Å². The van der Waals surface area contributed by atoms with Gasteiger partial charge in [-0.25, -0.2) is 4.98 Å². The van der Waals surface area contributed by atoms with Crippen molar-refractivity contribution in [1.82, 2.24) is 4.98 Å². The number of rotatable bonds is 2. The topological polar surface area (TPSA) is 24.9 Å². The first-order chi connectivity index (χ1) is 8.28. The molecule has 3 rings (SSSR count). The molecule has 0 aliphatic heterocycles. The molecular weight excluding hydrogens is 228 g/mol. The molecule has 0 fully saturated rings. The molecule has 17 heavy (non-hydrogen) atoms. The molecule has 1 aromatic heterocycles. The van der Waals surface area contributed by atoms with Crippen LogP contribution in [0.4, 0.5) is 5.00 Å². The van der Waals surface area contributed by atoms with Crippen LogP contribution in [-0.4, -0.2) is 12.0 Å². The summed E-state index contributed by atoms with van der Waals surface area (Å²) in [5, 5.41) is 5.49. The molecule has 0 spiro atoms. The Kier molecular flexibility index (Phi) is 2.63. The lowest BCUT2D eigenvalue weighted by Crippen LogP contribution is -1.85. The molecule has 2 nitrogen and oxygen atoms in total. The maximum Gasteiger partial charge on any atom is 0.125 e. The maximum atomic E-state index is 4.63. The molecule has 1 aliphatic rings. The van der Waals surface area contributed by atoms with Crippen LogP contribution in [0.3, 0.4) is 0 Å². The zero-order valence-corrected chi connectivity index (χ0v) is 11.0. The van der Waals surface area contributed by atoms with Crippen LogP contribution in [0.1, 0.15) is 23.2 Å². The average Bonchev–Trinajstić information content (AvgIpc) is 2.93. The van der Waals surface area contributed by atoms with Gasteiger partial charge in [0.2, 0.25) is 0 Å². The van der Waals surface area contributed by atoms with E-state index in [0.717, 1.165) is 10.7 Å². The third-order valence-corrected chi connectivity index (χ3v) is 4.59. The lowest BCUT2D eigenvalue weighted by molar-refractivity contribution is 0.912. The van der Waals surface area contributed by atoms with Crippen LogP contribution in [0, 0.1) is 6.92 Å². The van der Waals surface area contributed by atoms with Crippen LogP contribution in [0.15, 0.2) is 18.2 Å². The number of benzene rings is 1. The number of aromatic nitrogens is 1. The Morgan fingerprint density at radius 2 is 2.06 bits per heavy atom. The second-order valence-electron chi connectivity index (χ2n) is 4.52. The SMILES string of the molecule is CNc1sc(-c2ccc3c(c2)CCC3)nc1C. The number of hydrogen-bond acceptors (Lipinski definition) is 3. The minimum atomic E-state index is 1.09. The Morgan fingerprint density at radius 1 is 1.24 bits per heavy atom. The number of fused-ring (bicyclic) bond motifs is 1. The molecule has 1 aliphatic carbocycles. The summed E-state index contributed by atoms with van der Waals surface area (Å²) >= 11 is 1.74. The van der Waals surface area contributed by atoms with Gasteiger partial charge in [0.15, 0.2) is 0 Å². The fraction of sp³-hybridized carbons (Fsp3) is 0.357. The third-order valence-electron chi connectivity index (χ3n) is 3.37. The second kappa shape index (κ2) is 4.15. The van der Waals surface area contributed by atoms with Gasteiger partial charge in [0.25, 0.3) is 0 Å². The van der Waals surface area contributed by atoms with Gasteiger partial charge in [-0.3, -0.25) is 0 Å². The second-order valence-corrected chi connectivity index (χ2v) is 5.52. The highest BCUT2D eigenvalue weighted by molar-refractivity contribution is 7.19. The molecule has 2 aromatic rings. The zero-order valence-electron chi connectivity index (χ0n) is 10.2. The molecule has 1 heterocycles. The van der Waals surface area contributed by atoms with Crippen LogP contribution >= 0.6 is 11.3 Å². The van der Waals surface area contributed by atoms with E-state index in [2.05, 4.69) is 35.4 Å². The van der Waals surface area contributed by atoms with Crippen LogP contribution in [0.2, 0.25) is 0 Å². The Labute approximate surface area is 106 Å². The minimum absolute atomic E-state index is 1.09. The summed E-state index contributed by atoms with van der Waals surface area (Å²) in [6.45, 7) is 2.05.